The van der Waals surface area contributed by atoms with Crippen molar-refractivity contribution in [3.05, 3.63) is 0 Å². The normalized spacial score (nSPS) is 10.9. The number of ether oxygens (including phenoxy) is 1. The fourth-order valence-corrected chi connectivity index (χ4v) is 2.24. The quantitative estimate of drug-likeness (QED) is 0.259. The average molecular weight is 300 g/mol. The van der Waals surface area contributed by atoms with Crippen molar-refractivity contribution < 1.29 is 19.1 Å². The van der Waals surface area contributed by atoms with E-state index < -0.39 is 8.07 Å². The first-order valence-electron chi connectivity index (χ1n) is 7.12. The van der Waals surface area contributed by atoms with Gasteiger partial charge in [0.25, 0.3) is 0 Å². The Hall–Kier alpha value is -1.17. The lowest BCUT2D eigenvalue weighted by atomic mass is 10.1. The molecule has 1 N–H and O–H groups in total. The molecule has 6 heteroatoms. The van der Waals surface area contributed by atoms with E-state index in [1.54, 1.807) is 6.41 Å². The van der Waals surface area contributed by atoms with Crippen LogP contribution < -0.4 is 5.32 Å². The summed E-state index contributed by atoms with van der Waals surface area (Å²) in [7, 11) is -1.16. The third-order valence-electron chi connectivity index (χ3n) is 2.78. The first-order chi connectivity index (χ1) is 9.35. The summed E-state index contributed by atoms with van der Waals surface area (Å²) in [5.74, 6) is -0.0964. The third-order valence-corrected chi connectivity index (χ3v) is 4.49. The molecule has 0 aliphatic heterocycles. The molecule has 0 rings (SSSR count). The maximum Gasteiger partial charge on any atom is 0.309 e. The molecule has 20 heavy (non-hydrogen) atoms. The number of ketones is 1. The van der Waals surface area contributed by atoms with Gasteiger partial charge in [0.15, 0.2) is 0 Å². The molecule has 0 aliphatic carbocycles. The standard InChI is InChI=1S/C14H26NO4Si/c1-20(2,3)11-10-19-14(18)8-4-6-13(17)7-5-9-15-12-16/h4-11H2,1-3H3,(H,15,16). The summed E-state index contributed by atoms with van der Waals surface area (Å²) in [4.78, 5) is 32.8. The van der Waals surface area contributed by atoms with E-state index in [0.717, 1.165) is 6.04 Å². The van der Waals surface area contributed by atoms with Crippen LogP contribution in [-0.4, -0.2) is 39.4 Å². The van der Waals surface area contributed by atoms with Crippen LogP contribution in [0.15, 0.2) is 0 Å². The number of Topliss-reactive ketones (excluding diaryl/α,β-unsaturated/α-hetero) is 1. The van der Waals surface area contributed by atoms with Gasteiger partial charge in [0, 0.05) is 33.9 Å². The molecule has 0 unspecified atom stereocenters. The molecule has 115 valence electrons. The zero-order valence-electron chi connectivity index (χ0n) is 12.8. The van der Waals surface area contributed by atoms with E-state index in [1.807, 2.05) is 0 Å². The molecule has 0 aliphatic rings. The second-order valence-electron chi connectivity index (χ2n) is 6.06. The Bertz CT molecular complexity index is 313. The third kappa shape index (κ3) is 13.3. The molecule has 0 aromatic carbocycles. The Morgan fingerprint density at radius 1 is 1.10 bits per heavy atom. The van der Waals surface area contributed by atoms with Crippen molar-refractivity contribution in [1.82, 2.24) is 5.32 Å². The summed E-state index contributed by atoms with van der Waals surface area (Å²) in [6.07, 6.45) is 3.85. The maximum absolute atomic E-state index is 11.5. The lowest BCUT2D eigenvalue weighted by Crippen LogP contribution is -2.22. The molecule has 1 radical (unpaired) electrons. The van der Waals surface area contributed by atoms with Gasteiger partial charge in [-0.15, -0.1) is 0 Å². The highest BCUT2D eigenvalue weighted by Gasteiger charge is 2.14. The Balaban J connectivity index is 3.51. The van der Waals surface area contributed by atoms with Crippen LogP contribution in [0.2, 0.25) is 25.7 Å². The molecule has 0 fully saturated rings. The Labute approximate surface area is 122 Å². The lowest BCUT2D eigenvalue weighted by Gasteiger charge is -2.15. The molecule has 0 bridgehead atoms. The van der Waals surface area contributed by atoms with Crippen LogP contribution in [0, 0.1) is 0 Å². The number of hydrogen-bond donors (Lipinski definition) is 1. The minimum absolute atomic E-state index is 0.118. The van der Waals surface area contributed by atoms with Crippen molar-refractivity contribution in [3.8, 4) is 0 Å². The molecule has 0 saturated carbocycles. The highest BCUT2D eigenvalue weighted by molar-refractivity contribution is 6.76. The van der Waals surface area contributed by atoms with Gasteiger partial charge < -0.3 is 10.1 Å². The maximum atomic E-state index is 11.5. The fourth-order valence-electron chi connectivity index (χ4n) is 1.52. The SMILES string of the molecule is C[Si](C)(C)CCOC(=O)CCCC(=O)CCCN[C]=O. The summed E-state index contributed by atoms with van der Waals surface area (Å²) in [6.45, 7) is 7.66. The van der Waals surface area contributed by atoms with Gasteiger partial charge in [0.1, 0.15) is 5.78 Å². The average Bonchev–Trinajstić information content (AvgIpc) is 2.33. The van der Waals surface area contributed by atoms with E-state index in [4.69, 9.17) is 4.74 Å². The Morgan fingerprint density at radius 3 is 2.35 bits per heavy atom. The van der Waals surface area contributed by atoms with Crippen LogP contribution in [0.3, 0.4) is 0 Å². The lowest BCUT2D eigenvalue weighted by molar-refractivity contribution is -0.143. The van der Waals surface area contributed by atoms with Crippen LogP contribution in [0.1, 0.15) is 32.1 Å². The minimum Gasteiger partial charge on any atom is -0.466 e. The Morgan fingerprint density at radius 2 is 1.75 bits per heavy atom. The monoisotopic (exact) mass is 300 g/mol. The van der Waals surface area contributed by atoms with Crippen molar-refractivity contribution >= 4 is 26.2 Å². The van der Waals surface area contributed by atoms with Crippen molar-refractivity contribution in [3.63, 3.8) is 0 Å². The summed E-state index contributed by atoms with van der Waals surface area (Å²) in [6, 6.07) is 0.971. The number of hydrogen-bond acceptors (Lipinski definition) is 4. The molecule has 0 heterocycles. The van der Waals surface area contributed by atoms with Crippen molar-refractivity contribution in [2.75, 3.05) is 13.2 Å². The number of carbonyl (C=O) groups is 2. The van der Waals surface area contributed by atoms with E-state index in [-0.39, 0.29) is 11.8 Å². The van der Waals surface area contributed by atoms with Gasteiger partial charge in [-0.25, -0.2) is 0 Å². The van der Waals surface area contributed by atoms with E-state index in [1.165, 1.54) is 0 Å². The highest BCUT2D eigenvalue weighted by Crippen LogP contribution is 2.08. The predicted octanol–water partition coefficient (Wildman–Crippen LogP) is 2.04. The van der Waals surface area contributed by atoms with Gasteiger partial charge in [0.2, 0.25) is 0 Å². The first-order valence-corrected chi connectivity index (χ1v) is 10.8. The van der Waals surface area contributed by atoms with Gasteiger partial charge in [0.05, 0.1) is 6.61 Å². The molecule has 0 aromatic heterocycles. The van der Waals surface area contributed by atoms with Gasteiger partial charge in [-0.3, -0.25) is 14.4 Å². The molecule has 0 spiro atoms. The fraction of sp³-hybridized carbons (Fsp3) is 0.786. The van der Waals surface area contributed by atoms with Gasteiger partial charge >= 0.3 is 12.4 Å². The van der Waals surface area contributed by atoms with Gasteiger partial charge in [-0.2, -0.15) is 0 Å². The second-order valence-corrected chi connectivity index (χ2v) is 11.7. The first kappa shape index (κ1) is 18.8. The molecule has 5 nitrogen and oxygen atoms in total. The topological polar surface area (TPSA) is 72.5 Å². The molecule has 0 saturated heterocycles. The molecular weight excluding hydrogens is 274 g/mol. The number of amides is 1. The van der Waals surface area contributed by atoms with E-state index in [0.29, 0.717) is 45.3 Å². The largest absolute Gasteiger partial charge is 0.466 e. The summed E-state index contributed by atoms with van der Waals surface area (Å²) >= 11 is 0. The zero-order valence-corrected chi connectivity index (χ0v) is 13.8. The smallest absolute Gasteiger partial charge is 0.309 e. The van der Waals surface area contributed by atoms with Crippen molar-refractivity contribution in [2.45, 2.75) is 57.8 Å². The number of rotatable bonds is 12. The predicted molar refractivity (Wildman–Crippen MR) is 80.9 cm³/mol. The molecular formula is C14H26NO4Si. The van der Waals surface area contributed by atoms with Gasteiger partial charge in [-0.05, 0) is 18.9 Å². The van der Waals surface area contributed by atoms with Crippen LogP contribution in [0.4, 0.5) is 0 Å². The van der Waals surface area contributed by atoms with Crippen LogP contribution >= 0.6 is 0 Å². The van der Waals surface area contributed by atoms with E-state index in [2.05, 4.69) is 25.0 Å². The van der Waals surface area contributed by atoms with Gasteiger partial charge in [-0.1, -0.05) is 19.6 Å². The van der Waals surface area contributed by atoms with Crippen molar-refractivity contribution in [1.29, 1.82) is 0 Å². The molecule has 0 atom stereocenters. The highest BCUT2D eigenvalue weighted by atomic mass is 28.3. The molecule has 1 amide bonds. The van der Waals surface area contributed by atoms with Crippen molar-refractivity contribution in [2.24, 2.45) is 0 Å². The zero-order chi connectivity index (χ0) is 15.4. The minimum atomic E-state index is -1.16. The number of nitrogens with one attached hydrogen (secondary N) is 1. The summed E-state index contributed by atoms with van der Waals surface area (Å²) in [5, 5.41) is 2.38. The van der Waals surface area contributed by atoms with E-state index >= 15 is 0 Å². The number of carbonyl (C=O) groups excluding carboxylic acids is 3. The Kier molecular flexibility index (Phi) is 9.97. The van der Waals surface area contributed by atoms with Crippen LogP contribution in [0.25, 0.3) is 0 Å². The molecule has 0 aromatic rings. The van der Waals surface area contributed by atoms with Crippen LogP contribution in [0.5, 0.6) is 0 Å². The number of esters is 1. The second kappa shape index (κ2) is 10.6. The van der Waals surface area contributed by atoms with E-state index in [9.17, 15) is 14.4 Å². The summed E-state index contributed by atoms with van der Waals surface area (Å²) < 4.78 is 5.14. The van der Waals surface area contributed by atoms with Crippen LogP contribution in [-0.2, 0) is 19.1 Å². The summed E-state index contributed by atoms with van der Waals surface area (Å²) in [5.41, 5.74) is 0.